The third-order valence-electron chi connectivity index (χ3n) is 11.3. The van der Waals surface area contributed by atoms with Crippen molar-refractivity contribution in [3.63, 3.8) is 0 Å². The maximum atomic E-state index is 17.1. The van der Waals surface area contributed by atoms with Gasteiger partial charge in [-0.2, -0.15) is 28.4 Å². The molecule has 11 nitrogen and oxygen atoms in total. The molecule has 0 bridgehead atoms. The molecule has 3 N–H and O–H groups in total. The number of carbonyl (C=O) groups is 1. The standard InChI is InChI=1S/C35H33ClF5N7O4S/c36-21-13-19-27(26(38)25(21)18-3-4-22(37)28-24(18)20(14-42)29(43)53-28)44-31(51-17-34-5-1-9-47(34)10-2-6-34)45-30(19)46-11-7-33(16-46)8-12-48(33)32(50)52-23(15-49)35(39,40)41/h3-4,13,23,49H,1-2,5-12,15-17,43H2. The van der Waals surface area contributed by atoms with Gasteiger partial charge in [-0.15, -0.1) is 11.3 Å². The van der Waals surface area contributed by atoms with E-state index in [9.17, 15) is 32.7 Å². The van der Waals surface area contributed by atoms with Crippen LogP contribution in [-0.4, -0.2) is 100 Å². The molecule has 2 atom stereocenters. The largest absolute Gasteiger partial charge is 0.461 e. The number of nitrogens with zero attached hydrogens (tertiary/aromatic N) is 6. The Hall–Kier alpha value is -4.24. The lowest BCUT2D eigenvalue weighted by Gasteiger charge is -2.49. The molecule has 2 aromatic heterocycles. The lowest BCUT2D eigenvalue weighted by atomic mass is 9.84. The van der Waals surface area contributed by atoms with E-state index in [1.807, 2.05) is 6.07 Å². The number of nitriles is 1. The average molecular weight is 778 g/mol. The molecule has 0 aliphatic carbocycles. The average Bonchev–Trinajstić information content (AvgIpc) is 3.89. The number of halogens is 6. The van der Waals surface area contributed by atoms with Crippen molar-refractivity contribution in [3.8, 4) is 23.2 Å². The maximum Gasteiger partial charge on any atom is 0.427 e. The number of nitrogens with two attached hydrogens (primary N) is 1. The van der Waals surface area contributed by atoms with Crippen LogP contribution in [0.1, 0.15) is 44.1 Å². The number of likely N-dealkylation sites (tertiary alicyclic amines) is 1. The van der Waals surface area contributed by atoms with E-state index in [-0.39, 0.29) is 91.3 Å². The highest BCUT2D eigenvalue weighted by Gasteiger charge is 2.54. The second kappa shape index (κ2) is 13.0. The number of nitrogen functional groups attached to an aromatic ring is 1. The van der Waals surface area contributed by atoms with Crippen molar-refractivity contribution in [2.45, 2.75) is 61.9 Å². The Bertz CT molecular complexity index is 2190. The van der Waals surface area contributed by atoms with Gasteiger partial charge in [0, 0.05) is 36.0 Å². The second-order valence-corrected chi connectivity index (χ2v) is 15.6. The molecule has 4 fully saturated rings. The molecule has 2 unspecified atom stereocenters. The monoisotopic (exact) mass is 777 g/mol. The normalized spacial score (nSPS) is 21.7. The van der Waals surface area contributed by atoms with Gasteiger partial charge in [-0.25, -0.2) is 13.6 Å². The summed E-state index contributed by atoms with van der Waals surface area (Å²) in [5, 5.41) is 19.4. The molecule has 1 spiro atoms. The topological polar surface area (TPSA) is 141 Å². The van der Waals surface area contributed by atoms with E-state index in [4.69, 9.17) is 27.1 Å². The number of aliphatic hydroxyl groups excluding tert-OH is 1. The van der Waals surface area contributed by atoms with E-state index in [1.54, 1.807) is 4.90 Å². The van der Waals surface area contributed by atoms with Crippen LogP contribution >= 0.6 is 22.9 Å². The van der Waals surface area contributed by atoms with Gasteiger partial charge >= 0.3 is 18.3 Å². The summed E-state index contributed by atoms with van der Waals surface area (Å²) in [5.74, 6) is -1.25. The molecule has 0 saturated carbocycles. The summed E-state index contributed by atoms with van der Waals surface area (Å²) in [6.45, 7) is 1.32. The summed E-state index contributed by atoms with van der Waals surface area (Å²) >= 11 is 7.70. The van der Waals surface area contributed by atoms with Crippen molar-refractivity contribution in [2.75, 3.05) is 56.6 Å². The first kappa shape index (κ1) is 35.8. The second-order valence-electron chi connectivity index (χ2n) is 14.1. The molecule has 6 heterocycles. The highest BCUT2D eigenvalue weighted by molar-refractivity contribution is 7.23. The minimum absolute atomic E-state index is 0.00844. The molecule has 4 aliphatic rings. The fourth-order valence-electron chi connectivity index (χ4n) is 8.56. The van der Waals surface area contributed by atoms with Crippen molar-refractivity contribution in [3.05, 3.63) is 40.4 Å². The smallest absolute Gasteiger partial charge is 0.427 e. The van der Waals surface area contributed by atoms with Gasteiger partial charge in [-0.1, -0.05) is 17.7 Å². The number of hydrogen-bond acceptors (Lipinski definition) is 11. The Morgan fingerprint density at radius 1 is 1.13 bits per heavy atom. The van der Waals surface area contributed by atoms with E-state index in [0.29, 0.717) is 12.8 Å². The Morgan fingerprint density at radius 2 is 1.87 bits per heavy atom. The van der Waals surface area contributed by atoms with Gasteiger partial charge in [-0.05, 0) is 69.3 Å². The maximum absolute atomic E-state index is 17.1. The summed E-state index contributed by atoms with van der Waals surface area (Å²) in [7, 11) is 0. The highest BCUT2D eigenvalue weighted by atomic mass is 35.5. The van der Waals surface area contributed by atoms with Gasteiger partial charge in [-0.3, -0.25) is 4.90 Å². The van der Waals surface area contributed by atoms with Crippen molar-refractivity contribution < 1.29 is 41.3 Å². The summed E-state index contributed by atoms with van der Waals surface area (Å²) in [6.07, 6.45) is -4.10. The molecule has 4 aromatic rings. The molecule has 53 heavy (non-hydrogen) atoms. The number of alkyl halides is 3. The van der Waals surface area contributed by atoms with Crippen LogP contribution in [-0.2, 0) is 4.74 Å². The zero-order valence-corrected chi connectivity index (χ0v) is 29.7. The van der Waals surface area contributed by atoms with Crippen molar-refractivity contribution in [1.82, 2.24) is 19.8 Å². The van der Waals surface area contributed by atoms with E-state index in [2.05, 4.69) is 14.6 Å². The number of thiophene rings is 1. The molecule has 4 saturated heterocycles. The minimum atomic E-state index is -4.94. The SMILES string of the molecule is N#Cc1c(N)sc2c(F)ccc(-c3c(Cl)cc4c(N5CCC6(CCN6C(=O)OC(CO)C(F)(F)F)C5)nc(OCC56CCCN5CCC6)nc4c3F)c12. The molecule has 280 valence electrons. The fourth-order valence-corrected chi connectivity index (χ4v) is 9.80. The number of ether oxygens (including phenoxy) is 2. The van der Waals surface area contributed by atoms with E-state index in [1.165, 1.54) is 17.0 Å². The van der Waals surface area contributed by atoms with Gasteiger partial charge in [0.1, 0.15) is 34.8 Å². The third kappa shape index (κ3) is 5.76. The van der Waals surface area contributed by atoms with Gasteiger partial charge in [0.05, 0.1) is 33.0 Å². The number of rotatable bonds is 7. The summed E-state index contributed by atoms with van der Waals surface area (Å²) in [5.41, 5.74) is 4.82. The minimum Gasteiger partial charge on any atom is -0.461 e. The van der Waals surface area contributed by atoms with Crippen LogP contribution in [0, 0.1) is 23.0 Å². The van der Waals surface area contributed by atoms with Crippen LogP contribution in [0.2, 0.25) is 5.02 Å². The Kier molecular flexibility index (Phi) is 8.75. The first-order chi connectivity index (χ1) is 25.3. The molecule has 0 radical (unpaired) electrons. The molecular weight excluding hydrogens is 745 g/mol. The van der Waals surface area contributed by atoms with Gasteiger partial charge in [0.15, 0.2) is 5.82 Å². The predicted molar refractivity (Wildman–Crippen MR) is 187 cm³/mol. The van der Waals surface area contributed by atoms with Crippen LogP contribution < -0.4 is 15.4 Å². The van der Waals surface area contributed by atoms with Crippen molar-refractivity contribution in [2.24, 2.45) is 0 Å². The highest BCUT2D eigenvalue weighted by Crippen LogP contribution is 2.48. The molecule has 4 aliphatic heterocycles. The Morgan fingerprint density at radius 3 is 2.53 bits per heavy atom. The lowest BCUT2D eigenvalue weighted by Crippen LogP contribution is -2.64. The van der Waals surface area contributed by atoms with Gasteiger partial charge in [0.25, 0.3) is 0 Å². The van der Waals surface area contributed by atoms with Gasteiger partial charge < -0.3 is 30.1 Å². The molecule has 18 heteroatoms. The molecular formula is C35H33ClF5N7O4S. The predicted octanol–water partition coefficient (Wildman–Crippen LogP) is 6.62. The Balaban J connectivity index is 1.20. The van der Waals surface area contributed by atoms with Crippen LogP contribution in [0.15, 0.2) is 18.2 Å². The van der Waals surface area contributed by atoms with Crippen LogP contribution in [0.4, 0.5) is 37.6 Å². The van der Waals surface area contributed by atoms with Crippen molar-refractivity contribution >= 4 is 60.8 Å². The molecule has 1 amide bonds. The van der Waals surface area contributed by atoms with Crippen LogP contribution in [0.25, 0.3) is 32.1 Å². The van der Waals surface area contributed by atoms with E-state index < -0.39 is 42.2 Å². The van der Waals surface area contributed by atoms with Gasteiger partial charge in [0.2, 0.25) is 6.10 Å². The first-order valence-electron chi connectivity index (χ1n) is 17.2. The van der Waals surface area contributed by atoms with Crippen LogP contribution in [0.5, 0.6) is 6.01 Å². The lowest BCUT2D eigenvalue weighted by molar-refractivity contribution is -0.217. The van der Waals surface area contributed by atoms with E-state index >= 15 is 4.39 Å². The third-order valence-corrected chi connectivity index (χ3v) is 12.6. The summed E-state index contributed by atoms with van der Waals surface area (Å²) in [6, 6.07) is 5.86. The first-order valence-corrected chi connectivity index (χ1v) is 18.4. The van der Waals surface area contributed by atoms with Crippen LogP contribution in [0.3, 0.4) is 0 Å². The summed E-state index contributed by atoms with van der Waals surface area (Å²) < 4.78 is 83.0. The molecule has 2 aromatic carbocycles. The number of aromatic nitrogens is 2. The fraction of sp³-hybridized carbons (Fsp3) is 0.486. The molecule has 8 rings (SSSR count). The number of anilines is 2. The zero-order chi connectivity index (χ0) is 37.4. The zero-order valence-electron chi connectivity index (χ0n) is 28.1. The number of aliphatic hydroxyl groups is 1. The number of amides is 1. The van der Waals surface area contributed by atoms with E-state index in [0.717, 1.165) is 56.2 Å². The number of carbonyl (C=O) groups excluding carboxylic acids is 1. The summed E-state index contributed by atoms with van der Waals surface area (Å²) in [4.78, 5) is 27.6. The van der Waals surface area contributed by atoms with Crippen molar-refractivity contribution in [1.29, 1.82) is 5.26 Å². The Labute approximate surface area is 308 Å². The number of hydrogen-bond donors (Lipinski definition) is 2. The quantitative estimate of drug-likeness (QED) is 0.197. The number of benzene rings is 2. The number of fused-ring (bicyclic) bond motifs is 3.